The van der Waals surface area contributed by atoms with Gasteiger partial charge in [-0.2, -0.15) is 0 Å². The van der Waals surface area contributed by atoms with Crippen LogP contribution in [0.25, 0.3) is 0 Å². The molecular weight excluding hydrogens is 158 g/mol. The van der Waals surface area contributed by atoms with E-state index in [1.807, 2.05) is 0 Å². The van der Waals surface area contributed by atoms with Gasteiger partial charge in [-0.1, -0.05) is 26.7 Å². The number of nitrogens with zero attached hydrogens (tertiary/aromatic N) is 1. The molecule has 0 bridgehead atoms. The van der Waals surface area contributed by atoms with E-state index in [1.165, 1.54) is 45.2 Å². The quantitative estimate of drug-likeness (QED) is 0.647. The predicted molar refractivity (Wildman–Crippen MR) is 56.8 cm³/mol. The molecular formula is C12H23N. The van der Waals surface area contributed by atoms with Crippen LogP contribution in [-0.4, -0.2) is 24.0 Å². The zero-order valence-electron chi connectivity index (χ0n) is 9.13. The standard InChI is InChI=1S/C12H23N/c1-3-10-7-8-13(12-5-6-12)9-11(10)4-2/h10-12H,3-9H2,1-2H3/t10-,11-/m0/s1. The van der Waals surface area contributed by atoms with Gasteiger partial charge in [-0.25, -0.2) is 0 Å². The summed E-state index contributed by atoms with van der Waals surface area (Å²) in [6, 6.07) is 0.992. The van der Waals surface area contributed by atoms with Crippen molar-refractivity contribution in [2.75, 3.05) is 13.1 Å². The van der Waals surface area contributed by atoms with Gasteiger partial charge in [-0.15, -0.1) is 0 Å². The summed E-state index contributed by atoms with van der Waals surface area (Å²) in [5, 5.41) is 0. The van der Waals surface area contributed by atoms with Crippen molar-refractivity contribution in [3.8, 4) is 0 Å². The van der Waals surface area contributed by atoms with Crippen LogP contribution in [0, 0.1) is 11.8 Å². The topological polar surface area (TPSA) is 3.24 Å². The Kier molecular flexibility index (Phi) is 2.92. The molecule has 2 rings (SSSR count). The Bertz CT molecular complexity index is 163. The fourth-order valence-corrected chi connectivity index (χ4v) is 2.88. The van der Waals surface area contributed by atoms with Crippen molar-refractivity contribution in [1.82, 2.24) is 4.90 Å². The molecule has 2 atom stereocenters. The molecule has 1 heteroatoms. The molecule has 1 saturated carbocycles. The highest BCUT2D eigenvalue weighted by Gasteiger charge is 2.35. The lowest BCUT2D eigenvalue weighted by Crippen LogP contribution is -2.41. The van der Waals surface area contributed by atoms with Crippen LogP contribution in [-0.2, 0) is 0 Å². The highest BCUT2D eigenvalue weighted by Crippen LogP contribution is 2.35. The van der Waals surface area contributed by atoms with Crippen molar-refractivity contribution in [2.24, 2.45) is 11.8 Å². The second-order valence-corrected chi connectivity index (χ2v) is 4.85. The molecule has 1 aliphatic heterocycles. The van der Waals surface area contributed by atoms with E-state index in [4.69, 9.17) is 0 Å². The van der Waals surface area contributed by atoms with E-state index in [-0.39, 0.29) is 0 Å². The summed E-state index contributed by atoms with van der Waals surface area (Å²) in [4.78, 5) is 2.75. The molecule has 76 valence electrons. The van der Waals surface area contributed by atoms with Gasteiger partial charge < -0.3 is 4.90 Å². The van der Waals surface area contributed by atoms with Gasteiger partial charge in [-0.3, -0.25) is 0 Å². The van der Waals surface area contributed by atoms with Crippen molar-refractivity contribution in [3.63, 3.8) is 0 Å². The molecule has 0 amide bonds. The van der Waals surface area contributed by atoms with E-state index in [0.29, 0.717) is 0 Å². The average Bonchev–Trinajstić information content (AvgIpc) is 3.00. The first kappa shape index (κ1) is 9.51. The molecule has 0 aromatic carbocycles. The van der Waals surface area contributed by atoms with Gasteiger partial charge in [0.15, 0.2) is 0 Å². The fraction of sp³-hybridized carbons (Fsp3) is 1.00. The van der Waals surface area contributed by atoms with E-state index in [2.05, 4.69) is 18.7 Å². The highest BCUT2D eigenvalue weighted by atomic mass is 15.2. The van der Waals surface area contributed by atoms with Crippen LogP contribution >= 0.6 is 0 Å². The zero-order chi connectivity index (χ0) is 9.26. The van der Waals surface area contributed by atoms with Crippen LogP contribution in [0.3, 0.4) is 0 Å². The highest BCUT2D eigenvalue weighted by molar-refractivity contribution is 4.89. The number of hydrogen-bond donors (Lipinski definition) is 0. The third-order valence-corrected chi connectivity index (χ3v) is 4.03. The summed E-state index contributed by atoms with van der Waals surface area (Å²) >= 11 is 0. The molecule has 0 aromatic heterocycles. The first-order chi connectivity index (χ1) is 6.35. The van der Waals surface area contributed by atoms with Crippen molar-refractivity contribution >= 4 is 0 Å². The van der Waals surface area contributed by atoms with Crippen LogP contribution in [0.2, 0.25) is 0 Å². The lowest BCUT2D eigenvalue weighted by Gasteiger charge is -2.38. The van der Waals surface area contributed by atoms with E-state index in [9.17, 15) is 0 Å². The third kappa shape index (κ3) is 2.07. The maximum absolute atomic E-state index is 2.75. The van der Waals surface area contributed by atoms with E-state index in [1.54, 1.807) is 0 Å². The molecule has 2 aliphatic rings. The molecule has 1 heterocycles. The molecule has 1 nitrogen and oxygen atoms in total. The predicted octanol–water partition coefficient (Wildman–Crippen LogP) is 2.91. The molecule has 0 radical (unpaired) electrons. The van der Waals surface area contributed by atoms with Crippen LogP contribution < -0.4 is 0 Å². The molecule has 1 saturated heterocycles. The fourth-order valence-electron chi connectivity index (χ4n) is 2.88. The minimum Gasteiger partial charge on any atom is -0.300 e. The average molecular weight is 181 g/mol. The normalized spacial score (nSPS) is 36.5. The summed E-state index contributed by atoms with van der Waals surface area (Å²) in [6.07, 6.45) is 7.21. The van der Waals surface area contributed by atoms with Gasteiger partial charge in [0.1, 0.15) is 0 Å². The van der Waals surface area contributed by atoms with Gasteiger partial charge >= 0.3 is 0 Å². The maximum Gasteiger partial charge on any atom is 0.00965 e. The molecule has 2 fully saturated rings. The first-order valence-corrected chi connectivity index (χ1v) is 6.09. The van der Waals surface area contributed by atoms with E-state index >= 15 is 0 Å². The smallest absolute Gasteiger partial charge is 0.00965 e. The second kappa shape index (κ2) is 4.00. The Hall–Kier alpha value is -0.0400. The largest absolute Gasteiger partial charge is 0.300 e. The van der Waals surface area contributed by atoms with Crippen LogP contribution in [0.1, 0.15) is 46.0 Å². The van der Waals surface area contributed by atoms with Gasteiger partial charge in [0.05, 0.1) is 0 Å². The van der Waals surface area contributed by atoms with Crippen molar-refractivity contribution < 1.29 is 0 Å². The van der Waals surface area contributed by atoms with E-state index < -0.39 is 0 Å². The molecule has 1 aliphatic carbocycles. The Morgan fingerprint density at radius 1 is 1.00 bits per heavy atom. The molecule has 0 aromatic rings. The molecule has 0 unspecified atom stereocenters. The van der Waals surface area contributed by atoms with Gasteiger partial charge in [-0.05, 0) is 37.6 Å². The minimum atomic E-state index is 0.992. The second-order valence-electron chi connectivity index (χ2n) is 4.85. The Labute approximate surface area is 82.5 Å². The van der Waals surface area contributed by atoms with E-state index in [0.717, 1.165) is 17.9 Å². The van der Waals surface area contributed by atoms with Crippen LogP contribution in [0.4, 0.5) is 0 Å². The summed E-state index contributed by atoms with van der Waals surface area (Å²) in [6.45, 7) is 7.52. The molecule has 13 heavy (non-hydrogen) atoms. The van der Waals surface area contributed by atoms with Gasteiger partial charge in [0, 0.05) is 12.6 Å². The number of likely N-dealkylation sites (tertiary alicyclic amines) is 1. The van der Waals surface area contributed by atoms with Crippen LogP contribution in [0.15, 0.2) is 0 Å². The third-order valence-electron chi connectivity index (χ3n) is 4.03. The SMILES string of the molecule is CC[C@H]1CCN(C2CC2)C[C@@H]1CC. The van der Waals surface area contributed by atoms with Gasteiger partial charge in [0.25, 0.3) is 0 Å². The summed E-state index contributed by atoms with van der Waals surface area (Å²) < 4.78 is 0. The lowest BCUT2D eigenvalue weighted by molar-refractivity contribution is 0.107. The maximum atomic E-state index is 2.75. The minimum absolute atomic E-state index is 0.992. The Morgan fingerprint density at radius 3 is 2.23 bits per heavy atom. The molecule has 0 spiro atoms. The number of hydrogen-bond acceptors (Lipinski definition) is 1. The zero-order valence-corrected chi connectivity index (χ0v) is 9.13. The number of piperidine rings is 1. The monoisotopic (exact) mass is 181 g/mol. The Morgan fingerprint density at radius 2 is 1.69 bits per heavy atom. The first-order valence-electron chi connectivity index (χ1n) is 6.09. The van der Waals surface area contributed by atoms with Crippen LogP contribution in [0.5, 0.6) is 0 Å². The summed E-state index contributed by atoms with van der Waals surface area (Å²) in [7, 11) is 0. The Balaban J connectivity index is 1.88. The summed E-state index contributed by atoms with van der Waals surface area (Å²) in [5.74, 6) is 2.03. The van der Waals surface area contributed by atoms with Crippen molar-refractivity contribution in [3.05, 3.63) is 0 Å². The molecule has 0 N–H and O–H groups in total. The number of rotatable bonds is 3. The van der Waals surface area contributed by atoms with Gasteiger partial charge in [0.2, 0.25) is 0 Å². The van der Waals surface area contributed by atoms with Crippen molar-refractivity contribution in [2.45, 2.75) is 52.0 Å². The lowest BCUT2D eigenvalue weighted by atomic mass is 9.82. The van der Waals surface area contributed by atoms with Crippen molar-refractivity contribution in [1.29, 1.82) is 0 Å². The summed E-state index contributed by atoms with van der Waals surface area (Å²) in [5.41, 5.74) is 0.